The smallest absolute Gasteiger partial charge is 0.407 e. The Morgan fingerprint density at radius 2 is 1.27 bits per heavy atom. The third kappa shape index (κ3) is 12.3. The van der Waals surface area contributed by atoms with Gasteiger partial charge in [0, 0.05) is 12.1 Å². The third-order valence-electron chi connectivity index (χ3n) is 4.27. The van der Waals surface area contributed by atoms with Crippen LogP contribution in [0.3, 0.4) is 0 Å². The molecule has 1 rings (SSSR count). The van der Waals surface area contributed by atoms with Gasteiger partial charge in [-0.15, -0.1) is 0 Å². The molecular weight excluding hydrogens is 380 g/mol. The molecule has 2 amide bonds. The molecule has 0 saturated carbocycles. The monoisotopic (exact) mass is 420 g/mol. The van der Waals surface area contributed by atoms with Crippen LogP contribution >= 0.6 is 0 Å². The van der Waals surface area contributed by atoms with Gasteiger partial charge in [0.2, 0.25) is 0 Å². The lowest BCUT2D eigenvalue weighted by Gasteiger charge is -2.26. The summed E-state index contributed by atoms with van der Waals surface area (Å²) < 4.78 is 10.8. The van der Waals surface area contributed by atoms with Crippen LogP contribution < -0.4 is 10.6 Å². The van der Waals surface area contributed by atoms with Crippen molar-refractivity contribution in [2.75, 3.05) is 0 Å². The van der Waals surface area contributed by atoms with Crippen molar-refractivity contribution in [2.45, 2.75) is 104 Å². The topological polar surface area (TPSA) is 76.7 Å². The molecule has 0 bridgehead atoms. The number of benzene rings is 1. The Balaban J connectivity index is 2.76. The summed E-state index contributed by atoms with van der Waals surface area (Å²) in [5.41, 5.74) is 0.0602. The van der Waals surface area contributed by atoms with Gasteiger partial charge in [-0.25, -0.2) is 9.59 Å². The van der Waals surface area contributed by atoms with Crippen LogP contribution in [0.15, 0.2) is 30.3 Å². The number of nitrogens with one attached hydrogen (secondary N) is 2. The molecule has 6 nitrogen and oxygen atoms in total. The summed E-state index contributed by atoms with van der Waals surface area (Å²) >= 11 is 0. The molecular formula is C24H40N2O4. The van der Waals surface area contributed by atoms with Crippen LogP contribution in [0.5, 0.6) is 0 Å². The van der Waals surface area contributed by atoms with E-state index in [-0.39, 0.29) is 12.1 Å². The minimum absolute atomic E-state index is 0.0106. The van der Waals surface area contributed by atoms with Gasteiger partial charge in [0.25, 0.3) is 0 Å². The van der Waals surface area contributed by atoms with E-state index < -0.39 is 23.4 Å². The Morgan fingerprint density at radius 1 is 0.800 bits per heavy atom. The molecule has 0 aliphatic rings. The van der Waals surface area contributed by atoms with E-state index in [0.29, 0.717) is 12.8 Å². The maximum atomic E-state index is 12.3. The second kappa shape index (κ2) is 11.8. The highest BCUT2D eigenvalue weighted by molar-refractivity contribution is 5.68. The summed E-state index contributed by atoms with van der Waals surface area (Å²) in [4.78, 5) is 24.5. The fourth-order valence-electron chi connectivity index (χ4n) is 3.11. The summed E-state index contributed by atoms with van der Waals surface area (Å²) in [5, 5.41) is 5.99. The van der Waals surface area contributed by atoms with Crippen LogP contribution in [0.25, 0.3) is 0 Å². The van der Waals surface area contributed by atoms with Gasteiger partial charge in [-0.05, 0) is 72.8 Å². The number of carbonyl (C=O) groups is 2. The number of rotatable bonds is 9. The fourth-order valence-corrected chi connectivity index (χ4v) is 3.11. The van der Waals surface area contributed by atoms with Crippen LogP contribution in [0, 0.1) is 0 Å². The molecule has 1 aromatic carbocycles. The van der Waals surface area contributed by atoms with Crippen molar-refractivity contribution in [1.29, 1.82) is 0 Å². The van der Waals surface area contributed by atoms with Crippen molar-refractivity contribution >= 4 is 12.2 Å². The van der Waals surface area contributed by atoms with Crippen LogP contribution in [0.4, 0.5) is 9.59 Å². The molecule has 0 radical (unpaired) electrons. The highest BCUT2D eigenvalue weighted by Crippen LogP contribution is 2.15. The Bertz CT molecular complexity index is 647. The minimum Gasteiger partial charge on any atom is -0.444 e. The lowest BCUT2D eigenvalue weighted by atomic mass is 9.97. The minimum atomic E-state index is -0.551. The molecule has 0 saturated heterocycles. The van der Waals surface area contributed by atoms with E-state index in [9.17, 15) is 9.59 Å². The fraction of sp³-hybridized carbons (Fsp3) is 0.667. The standard InChI is InChI=1S/C24H40N2O4/c1-8-12-19(25-21(27)29-23(2,3)4)15-16-20(17-18-13-10-9-11-14-18)26-22(28)30-24(5,6)7/h9-11,13-14,19-20H,8,12,15-17H2,1-7H3,(H,25,27)(H,26,28)/t19-,20+/m0/s1. The first-order chi connectivity index (χ1) is 13.9. The zero-order chi connectivity index (χ0) is 22.8. The molecule has 0 fully saturated rings. The van der Waals surface area contributed by atoms with Gasteiger partial charge < -0.3 is 20.1 Å². The average Bonchev–Trinajstić information content (AvgIpc) is 2.57. The van der Waals surface area contributed by atoms with Crippen LogP contribution in [0.2, 0.25) is 0 Å². The largest absolute Gasteiger partial charge is 0.444 e. The maximum absolute atomic E-state index is 12.3. The molecule has 0 aromatic heterocycles. The first kappa shape index (κ1) is 25.8. The van der Waals surface area contributed by atoms with Crippen molar-refractivity contribution in [3.63, 3.8) is 0 Å². The Hall–Kier alpha value is -2.24. The second-order valence-electron chi connectivity index (χ2n) is 9.74. The first-order valence-electron chi connectivity index (χ1n) is 10.9. The van der Waals surface area contributed by atoms with Gasteiger partial charge in [0.1, 0.15) is 11.2 Å². The van der Waals surface area contributed by atoms with Crippen LogP contribution in [-0.2, 0) is 15.9 Å². The number of ether oxygens (including phenoxy) is 2. The Morgan fingerprint density at radius 3 is 1.73 bits per heavy atom. The van der Waals surface area contributed by atoms with Gasteiger partial charge in [0.15, 0.2) is 0 Å². The summed E-state index contributed by atoms with van der Waals surface area (Å²) in [7, 11) is 0. The Kier molecular flexibility index (Phi) is 10.2. The lowest BCUT2D eigenvalue weighted by Crippen LogP contribution is -2.43. The predicted octanol–water partition coefficient (Wildman–Crippen LogP) is 5.60. The molecule has 30 heavy (non-hydrogen) atoms. The Labute approximate surface area is 182 Å². The SMILES string of the molecule is CCC[C@@H](CC[C@H](Cc1ccccc1)NC(=O)OC(C)(C)C)NC(=O)OC(C)(C)C. The summed E-state index contributed by atoms with van der Waals surface area (Å²) in [6, 6.07) is 9.94. The van der Waals surface area contributed by atoms with Crippen molar-refractivity contribution in [3.05, 3.63) is 35.9 Å². The molecule has 0 heterocycles. The molecule has 2 N–H and O–H groups in total. The van der Waals surface area contributed by atoms with E-state index in [1.165, 1.54) is 0 Å². The van der Waals surface area contributed by atoms with Gasteiger partial charge >= 0.3 is 12.2 Å². The molecule has 170 valence electrons. The molecule has 0 aliphatic heterocycles. The zero-order valence-electron chi connectivity index (χ0n) is 19.7. The number of amides is 2. The molecule has 1 aromatic rings. The molecule has 2 atom stereocenters. The number of hydrogen-bond donors (Lipinski definition) is 2. The molecule has 6 heteroatoms. The third-order valence-corrected chi connectivity index (χ3v) is 4.27. The van der Waals surface area contributed by atoms with Crippen LogP contribution in [-0.4, -0.2) is 35.5 Å². The normalized spacial score (nSPS) is 13.8. The van der Waals surface area contributed by atoms with Crippen molar-refractivity contribution in [3.8, 4) is 0 Å². The zero-order valence-corrected chi connectivity index (χ0v) is 19.7. The van der Waals surface area contributed by atoms with E-state index in [4.69, 9.17) is 9.47 Å². The van der Waals surface area contributed by atoms with Gasteiger partial charge in [-0.1, -0.05) is 43.7 Å². The second-order valence-corrected chi connectivity index (χ2v) is 9.74. The molecule has 0 unspecified atom stereocenters. The predicted molar refractivity (Wildman–Crippen MR) is 121 cm³/mol. The van der Waals surface area contributed by atoms with E-state index in [0.717, 1.165) is 24.8 Å². The van der Waals surface area contributed by atoms with Crippen LogP contribution in [0.1, 0.15) is 79.7 Å². The average molecular weight is 421 g/mol. The summed E-state index contributed by atoms with van der Waals surface area (Å²) in [6.07, 6.45) is 3.13. The first-order valence-corrected chi connectivity index (χ1v) is 10.9. The van der Waals surface area contributed by atoms with Gasteiger partial charge in [0.05, 0.1) is 0 Å². The van der Waals surface area contributed by atoms with E-state index in [1.807, 2.05) is 71.9 Å². The highest BCUT2D eigenvalue weighted by atomic mass is 16.6. The van der Waals surface area contributed by atoms with Crippen molar-refractivity contribution in [1.82, 2.24) is 10.6 Å². The van der Waals surface area contributed by atoms with Crippen molar-refractivity contribution < 1.29 is 19.1 Å². The summed E-state index contributed by atoms with van der Waals surface area (Å²) in [5.74, 6) is 0. The number of hydrogen-bond acceptors (Lipinski definition) is 4. The van der Waals surface area contributed by atoms with E-state index in [2.05, 4.69) is 17.6 Å². The lowest BCUT2D eigenvalue weighted by molar-refractivity contribution is 0.0472. The number of alkyl carbamates (subject to hydrolysis) is 2. The van der Waals surface area contributed by atoms with Gasteiger partial charge in [-0.3, -0.25) is 0 Å². The molecule has 0 aliphatic carbocycles. The number of carbonyl (C=O) groups excluding carboxylic acids is 2. The highest BCUT2D eigenvalue weighted by Gasteiger charge is 2.23. The quantitative estimate of drug-likeness (QED) is 0.545. The van der Waals surface area contributed by atoms with Crippen molar-refractivity contribution in [2.24, 2.45) is 0 Å². The maximum Gasteiger partial charge on any atom is 0.407 e. The van der Waals surface area contributed by atoms with Gasteiger partial charge in [-0.2, -0.15) is 0 Å². The summed E-state index contributed by atoms with van der Waals surface area (Å²) in [6.45, 7) is 13.2. The molecule has 0 spiro atoms. The van der Waals surface area contributed by atoms with E-state index >= 15 is 0 Å². The van der Waals surface area contributed by atoms with E-state index in [1.54, 1.807) is 0 Å².